The number of hydrogen-bond donors (Lipinski definition) is 1. The highest BCUT2D eigenvalue weighted by Gasteiger charge is 2.00. The lowest BCUT2D eigenvalue weighted by molar-refractivity contribution is -0.107. The molecule has 0 aliphatic carbocycles. The molecule has 0 radical (unpaired) electrons. The van der Waals surface area contributed by atoms with E-state index >= 15 is 0 Å². The van der Waals surface area contributed by atoms with Crippen LogP contribution in [0.4, 0.5) is 0 Å². The number of hydrogen-bond acceptors (Lipinski definition) is 3. The predicted octanol–water partition coefficient (Wildman–Crippen LogP) is 1.38. The minimum atomic E-state index is -0.999. The summed E-state index contributed by atoms with van der Waals surface area (Å²) < 4.78 is 0. The molecule has 1 rings (SSSR count). The number of pyridine rings is 1. The molecule has 0 amide bonds. The Morgan fingerprint density at radius 1 is 1.50 bits per heavy atom. The summed E-state index contributed by atoms with van der Waals surface area (Å²) in [4.78, 5) is 24.3. The number of aromatic nitrogens is 1. The number of nitrogens with zero attached hydrogens (tertiary/aromatic N) is 1. The summed E-state index contributed by atoms with van der Waals surface area (Å²) >= 11 is 0. The summed E-state index contributed by atoms with van der Waals surface area (Å²) in [6, 6.07) is 3.06. The van der Waals surface area contributed by atoms with E-state index in [-0.39, 0.29) is 5.56 Å². The van der Waals surface area contributed by atoms with Crippen molar-refractivity contribution in [2.75, 3.05) is 0 Å². The van der Waals surface area contributed by atoms with Crippen LogP contribution in [0.5, 0.6) is 0 Å². The number of allylic oxidation sites excluding steroid dienone is 1. The largest absolute Gasteiger partial charge is 0.478 e. The molecular weight excluding hydrogens is 182 g/mol. The highest BCUT2D eigenvalue weighted by molar-refractivity contribution is 5.87. The SMILES string of the molecule is O=CCC=Cc1ccc(C(=O)O)cn1. The zero-order chi connectivity index (χ0) is 10.4. The third kappa shape index (κ3) is 2.82. The second-order valence-electron chi connectivity index (χ2n) is 2.58. The molecule has 0 spiro atoms. The van der Waals surface area contributed by atoms with E-state index in [0.717, 1.165) is 6.29 Å². The van der Waals surface area contributed by atoms with E-state index in [2.05, 4.69) is 4.98 Å². The van der Waals surface area contributed by atoms with Crippen molar-refractivity contribution in [3.63, 3.8) is 0 Å². The number of aldehydes is 1. The quantitative estimate of drug-likeness (QED) is 0.730. The Labute approximate surface area is 80.9 Å². The zero-order valence-corrected chi connectivity index (χ0v) is 7.38. The van der Waals surface area contributed by atoms with Gasteiger partial charge in [-0.3, -0.25) is 4.98 Å². The Balaban J connectivity index is 2.73. The van der Waals surface area contributed by atoms with Crippen LogP contribution in [0.3, 0.4) is 0 Å². The number of carbonyl (C=O) groups is 2. The Morgan fingerprint density at radius 3 is 2.79 bits per heavy atom. The van der Waals surface area contributed by atoms with E-state index in [4.69, 9.17) is 5.11 Å². The molecule has 0 bridgehead atoms. The molecule has 72 valence electrons. The van der Waals surface area contributed by atoms with Gasteiger partial charge in [-0.25, -0.2) is 4.79 Å². The van der Waals surface area contributed by atoms with Gasteiger partial charge in [-0.15, -0.1) is 0 Å². The molecule has 0 fully saturated rings. The van der Waals surface area contributed by atoms with Crippen LogP contribution in [0.25, 0.3) is 6.08 Å². The molecule has 0 saturated heterocycles. The summed E-state index contributed by atoms with van der Waals surface area (Å²) in [7, 11) is 0. The van der Waals surface area contributed by atoms with Gasteiger partial charge in [0, 0.05) is 12.6 Å². The second-order valence-corrected chi connectivity index (χ2v) is 2.58. The lowest BCUT2D eigenvalue weighted by atomic mass is 10.2. The van der Waals surface area contributed by atoms with Gasteiger partial charge in [0.2, 0.25) is 0 Å². The minimum Gasteiger partial charge on any atom is -0.478 e. The van der Waals surface area contributed by atoms with E-state index in [1.807, 2.05) is 0 Å². The number of carbonyl (C=O) groups excluding carboxylic acids is 1. The van der Waals surface area contributed by atoms with Gasteiger partial charge < -0.3 is 9.90 Å². The standard InChI is InChI=1S/C10H9NO3/c12-6-2-1-3-9-5-4-8(7-11-9)10(13)14/h1,3-7H,2H2,(H,13,14). The molecule has 0 atom stereocenters. The van der Waals surface area contributed by atoms with Crippen LogP contribution in [0.2, 0.25) is 0 Å². The Morgan fingerprint density at radius 2 is 2.29 bits per heavy atom. The van der Waals surface area contributed by atoms with Crippen molar-refractivity contribution in [3.8, 4) is 0 Å². The summed E-state index contributed by atoms with van der Waals surface area (Å²) in [6.07, 6.45) is 5.73. The van der Waals surface area contributed by atoms with Crippen LogP contribution < -0.4 is 0 Å². The molecule has 0 aliphatic rings. The fourth-order valence-corrected chi connectivity index (χ4v) is 0.875. The van der Waals surface area contributed by atoms with Gasteiger partial charge in [0.1, 0.15) is 6.29 Å². The van der Waals surface area contributed by atoms with E-state index in [1.54, 1.807) is 18.2 Å². The summed E-state index contributed by atoms with van der Waals surface area (Å²) in [5, 5.41) is 8.59. The number of aromatic carboxylic acids is 1. The van der Waals surface area contributed by atoms with Crippen molar-refractivity contribution in [1.29, 1.82) is 0 Å². The molecule has 4 heteroatoms. The lowest BCUT2D eigenvalue weighted by Crippen LogP contribution is -1.96. The number of carboxylic acids is 1. The monoisotopic (exact) mass is 191 g/mol. The third-order valence-electron chi connectivity index (χ3n) is 1.55. The summed E-state index contributed by atoms with van der Waals surface area (Å²) in [5.74, 6) is -0.999. The van der Waals surface area contributed by atoms with Gasteiger partial charge in [0.05, 0.1) is 11.3 Å². The van der Waals surface area contributed by atoms with Crippen LogP contribution in [0, 0.1) is 0 Å². The van der Waals surface area contributed by atoms with Crippen molar-refractivity contribution in [1.82, 2.24) is 4.98 Å². The van der Waals surface area contributed by atoms with E-state index in [9.17, 15) is 9.59 Å². The smallest absolute Gasteiger partial charge is 0.337 e. The third-order valence-corrected chi connectivity index (χ3v) is 1.55. The highest BCUT2D eigenvalue weighted by atomic mass is 16.4. The maximum Gasteiger partial charge on any atom is 0.337 e. The van der Waals surface area contributed by atoms with E-state index < -0.39 is 5.97 Å². The van der Waals surface area contributed by atoms with E-state index in [1.165, 1.54) is 12.3 Å². The lowest BCUT2D eigenvalue weighted by Gasteiger charge is -1.94. The number of carboxylic acid groups (broad SMARTS) is 1. The fraction of sp³-hybridized carbons (Fsp3) is 0.100. The van der Waals surface area contributed by atoms with Crippen LogP contribution in [-0.4, -0.2) is 22.3 Å². The maximum absolute atomic E-state index is 10.5. The van der Waals surface area contributed by atoms with Crippen LogP contribution in [0.15, 0.2) is 24.4 Å². The van der Waals surface area contributed by atoms with Crippen molar-refractivity contribution < 1.29 is 14.7 Å². The average molecular weight is 191 g/mol. The van der Waals surface area contributed by atoms with Gasteiger partial charge in [-0.05, 0) is 18.2 Å². The molecule has 0 aromatic carbocycles. The van der Waals surface area contributed by atoms with Crippen molar-refractivity contribution in [2.24, 2.45) is 0 Å². The molecule has 14 heavy (non-hydrogen) atoms. The van der Waals surface area contributed by atoms with Crippen molar-refractivity contribution >= 4 is 18.3 Å². The van der Waals surface area contributed by atoms with Gasteiger partial charge in [0.25, 0.3) is 0 Å². The van der Waals surface area contributed by atoms with Crippen molar-refractivity contribution in [2.45, 2.75) is 6.42 Å². The Hall–Kier alpha value is -1.97. The minimum absolute atomic E-state index is 0.150. The molecule has 1 aromatic rings. The van der Waals surface area contributed by atoms with Crippen LogP contribution >= 0.6 is 0 Å². The molecule has 0 unspecified atom stereocenters. The molecule has 4 nitrogen and oxygen atoms in total. The first-order valence-electron chi connectivity index (χ1n) is 4.03. The molecule has 0 aliphatic heterocycles. The predicted molar refractivity (Wildman–Crippen MR) is 50.9 cm³/mol. The molecule has 0 saturated carbocycles. The first-order valence-corrected chi connectivity index (χ1v) is 4.03. The van der Waals surface area contributed by atoms with Crippen LogP contribution in [0.1, 0.15) is 22.5 Å². The highest BCUT2D eigenvalue weighted by Crippen LogP contribution is 2.02. The van der Waals surface area contributed by atoms with Gasteiger partial charge in [0.15, 0.2) is 0 Å². The fourth-order valence-electron chi connectivity index (χ4n) is 0.875. The zero-order valence-electron chi connectivity index (χ0n) is 7.38. The van der Waals surface area contributed by atoms with Gasteiger partial charge in [-0.1, -0.05) is 6.08 Å². The van der Waals surface area contributed by atoms with Gasteiger partial charge >= 0.3 is 5.97 Å². The Kier molecular flexibility index (Phi) is 3.55. The topological polar surface area (TPSA) is 67.3 Å². The molecule has 1 heterocycles. The average Bonchev–Trinajstić information content (AvgIpc) is 2.19. The molecule has 1 aromatic heterocycles. The summed E-state index contributed by atoms with van der Waals surface area (Å²) in [5.41, 5.74) is 0.786. The molecular formula is C10H9NO3. The van der Waals surface area contributed by atoms with Crippen molar-refractivity contribution in [3.05, 3.63) is 35.7 Å². The first-order chi connectivity index (χ1) is 6.74. The molecule has 1 N–H and O–H groups in total. The Bertz CT molecular complexity index is 354. The van der Waals surface area contributed by atoms with Gasteiger partial charge in [-0.2, -0.15) is 0 Å². The van der Waals surface area contributed by atoms with E-state index in [0.29, 0.717) is 12.1 Å². The second kappa shape index (κ2) is 4.91. The maximum atomic E-state index is 10.5. The first kappa shape index (κ1) is 10.1. The normalized spacial score (nSPS) is 10.3. The van der Waals surface area contributed by atoms with Crippen LogP contribution in [-0.2, 0) is 4.79 Å². The summed E-state index contributed by atoms with van der Waals surface area (Å²) in [6.45, 7) is 0. The number of rotatable bonds is 4.